The minimum absolute atomic E-state index is 0.0633. The van der Waals surface area contributed by atoms with Gasteiger partial charge >= 0.3 is 5.97 Å². The molecule has 154 valence electrons. The van der Waals surface area contributed by atoms with Crippen LogP contribution in [0.1, 0.15) is 44.2 Å². The average molecular weight is 390 g/mol. The zero-order chi connectivity index (χ0) is 20.3. The van der Waals surface area contributed by atoms with Crippen LogP contribution in [0, 0.1) is 5.92 Å². The molecule has 7 nitrogen and oxygen atoms in total. The summed E-state index contributed by atoms with van der Waals surface area (Å²) >= 11 is 0. The van der Waals surface area contributed by atoms with Crippen LogP contribution in [-0.4, -0.2) is 61.8 Å². The van der Waals surface area contributed by atoms with Gasteiger partial charge in [-0.15, -0.1) is 0 Å². The fourth-order valence-electron chi connectivity index (χ4n) is 4.55. The van der Waals surface area contributed by atoms with Crippen LogP contribution in [0.4, 0.5) is 0 Å². The molecule has 2 aliphatic heterocycles. The first-order valence-corrected chi connectivity index (χ1v) is 9.88. The standard InChI is InChI=1S/C21H30N2O5/c1-5-21(20(25)27-4)14-17(19(24)23-12-6-7-13-28-23)18(22(21)2)15-8-10-16(26-3)11-9-15/h8-11,17-18H,5-7,12-14H2,1-4H3/t17-,18-,21-/m0/s1. The van der Waals surface area contributed by atoms with Crippen molar-refractivity contribution in [1.29, 1.82) is 0 Å². The maximum atomic E-state index is 13.4. The van der Waals surface area contributed by atoms with Gasteiger partial charge < -0.3 is 9.47 Å². The molecule has 3 rings (SSSR count). The molecule has 1 aromatic rings. The molecule has 2 saturated heterocycles. The number of amides is 1. The van der Waals surface area contributed by atoms with Crippen LogP contribution in [-0.2, 0) is 19.2 Å². The smallest absolute Gasteiger partial charge is 0.326 e. The lowest BCUT2D eigenvalue weighted by molar-refractivity contribution is -0.202. The Morgan fingerprint density at radius 3 is 2.46 bits per heavy atom. The van der Waals surface area contributed by atoms with E-state index in [0.29, 0.717) is 26.0 Å². The molecule has 2 heterocycles. The van der Waals surface area contributed by atoms with Crippen molar-refractivity contribution in [3.05, 3.63) is 29.8 Å². The second-order valence-electron chi connectivity index (χ2n) is 7.50. The Morgan fingerprint density at radius 2 is 1.93 bits per heavy atom. The largest absolute Gasteiger partial charge is 0.497 e. The molecule has 0 spiro atoms. The minimum atomic E-state index is -0.838. The van der Waals surface area contributed by atoms with Crippen LogP contribution in [0.5, 0.6) is 5.75 Å². The van der Waals surface area contributed by atoms with Gasteiger partial charge in [-0.1, -0.05) is 19.1 Å². The van der Waals surface area contributed by atoms with Crippen LogP contribution in [0.3, 0.4) is 0 Å². The molecule has 0 aromatic heterocycles. The van der Waals surface area contributed by atoms with E-state index >= 15 is 0 Å². The van der Waals surface area contributed by atoms with Gasteiger partial charge in [-0.25, -0.2) is 5.06 Å². The predicted molar refractivity (Wildman–Crippen MR) is 104 cm³/mol. The van der Waals surface area contributed by atoms with E-state index in [-0.39, 0.29) is 17.9 Å². The van der Waals surface area contributed by atoms with E-state index in [0.717, 1.165) is 24.2 Å². The Labute approximate surface area is 166 Å². The first-order valence-electron chi connectivity index (χ1n) is 9.88. The molecular weight excluding hydrogens is 360 g/mol. The summed E-state index contributed by atoms with van der Waals surface area (Å²) in [6.07, 6.45) is 2.85. The SMILES string of the molecule is CC[C@@]1(C(=O)OC)C[C@H](C(=O)N2CCCCO2)[C@H](c2ccc(OC)cc2)N1C. The van der Waals surface area contributed by atoms with Crippen LogP contribution in [0.15, 0.2) is 24.3 Å². The number of carbonyl (C=O) groups excluding carboxylic acids is 2. The summed E-state index contributed by atoms with van der Waals surface area (Å²) in [5.41, 5.74) is 0.132. The number of nitrogens with zero attached hydrogens (tertiary/aromatic N) is 2. The minimum Gasteiger partial charge on any atom is -0.497 e. The highest BCUT2D eigenvalue weighted by atomic mass is 16.7. The quantitative estimate of drug-likeness (QED) is 0.720. The van der Waals surface area contributed by atoms with E-state index in [9.17, 15) is 9.59 Å². The molecule has 2 aliphatic rings. The van der Waals surface area contributed by atoms with Crippen LogP contribution in [0.25, 0.3) is 0 Å². The normalized spacial score (nSPS) is 28.2. The van der Waals surface area contributed by atoms with Gasteiger partial charge in [0.2, 0.25) is 0 Å². The lowest BCUT2D eigenvalue weighted by atomic mass is 9.87. The van der Waals surface area contributed by atoms with Crippen molar-refractivity contribution < 1.29 is 23.9 Å². The van der Waals surface area contributed by atoms with Crippen molar-refractivity contribution in [1.82, 2.24) is 9.96 Å². The Kier molecular flexibility index (Phi) is 6.25. The van der Waals surface area contributed by atoms with Crippen molar-refractivity contribution in [3.63, 3.8) is 0 Å². The van der Waals surface area contributed by atoms with Crippen LogP contribution in [0.2, 0.25) is 0 Å². The third-order valence-corrected chi connectivity index (χ3v) is 6.20. The molecule has 3 atom stereocenters. The summed E-state index contributed by atoms with van der Waals surface area (Å²) in [6, 6.07) is 7.43. The van der Waals surface area contributed by atoms with E-state index < -0.39 is 11.5 Å². The summed E-state index contributed by atoms with van der Waals surface area (Å²) in [6.45, 7) is 3.10. The van der Waals surface area contributed by atoms with E-state index in [4.69, 9.17) is 14.3 Å². The van der Waals surface area contributed by atoms with E-state index in [1.807, 2.05) is 43.1 Å². The summed E-state index contributed by atoms with van der Waals surface area (Å²) in [7, 11) is 4.93. The Morgan fingerprint density at radius 1 is 1.21 bits per heavy atom. The van der Waals surface area contributed by atoms with Gasteiger partial charge in [-0.3, -0.25) is 19.3 Å². The number of likely N-dealkylation sites (N-methyl/N-ethyl adjacent to an activating group) is 1. The summed E-state index contributed by atoms with van der Waals surface area (Å²) in [5.74, 6) is -0.00521. The lowest BCUT2D eigenvalue weighted by Gasteiger charge is -2.35. The summed E-state index contributed by atoms with van der Waals surface area (Å²) in [5, 5.41) is 1.49. The van der Waals surface area contributed by atoms with Crippen molar-refractivity contribution >= 4 is 11.9 Å². The molecule has 0 N–H and O–H groups in total. The number of hydrogen-bond acceptors (Lipinski definition) is 6. The monoisotopic (exact) mass is 390 g/mol. The van der Waals surface area contributed by atoms with E-state index in [1.165, 1.54) is 12.2 Å². The van der Waals surface area contributed by atoms with E-state index in [2.05, 4.69) is 0 Å². The molecule has 2 fully saturated rings. The number of rotatable bonds is 5. The fourth-order valence-corrected chi connectivity index (χ4v) is 4.55. The number of hydroxylamine groups is 2. The Balaban J connectivity index is 1.99. The van der Waals surface area contributed by atoms with Gasteiger partial charge in [0.1, 0.15) is 11.3 Å². The number of esters is 1. The van der Waals surface area contributed by atoms with Gasteiger partial charge in [0.05, 0.1) is 26.7 Å². The molecule has 0 unspecified atom stereocenters. The fraction of sp³-hybridized carbons (Fsp3) is 0.619. The zero-order valence-electron chi connectivity index (χ0n) is 17.1. The van der Waals surface area contributed by atoms with Gasteiger partial charge in [-0.05, 0) is 50.4 Å². The summed E-state index contributed by atoms with van der Waals surface area (Å²) in [4.78, 5) is 33.8. The van der Waals surface area contributed by atoms with Crippen molar-refractivity contribution in [2.24, 2.45) is 5.92 Å². The zero-order valence-corrected chi connectivity index (χ0v) is 17.1. The number of likely N-dealkylation sites (tertiary alicyclic amines) is 1. The second kappa shape index (κ2) is 8.49. The third kappa shape index (κ3) is 3.49. The number of methoxy groups -OCH3 is 2. The molecule has 28 heavy (non-hydrogen) atoms. The van der Waals surface area contributed by atoms with E-state index in [1.54, 1.807) is 7.11 Å². The average Bonchev–Trinajstić information content (AvgIpc) is 3.06. The first-order chi connectivity index (χ1) is 13.5. The molecule has 1 amide bonds. The first kappa shape index (κ1) is 20.6. The van der Waals surface area contributed by atoms with Crippen molar-refractivity contribution in [2.45, 2.75) is 44.2 Å². The molecule has 0 bridgehead atoms. The summed E-state index contributed by atoms with van der Waals surface area (Å²) < 4.78 is 10.4. The van der Waals surface area contributed by atoms with Gasteiger partial charge in [0.15, 0.2) is 0 Å². The second-order valence-corrected chi connectivity index (χ2v) is 7.50. The van der Waals surface area contributed by atoms with Crippen molar-refractivity contribution in [3.8, 4) is 5.75 Å². The lowest BCUT2D eigenvalue weighted by Crippen LogP contribution is -2.49. The topological polar surface area (TPSA) is 68.3 Å². The Hall–Kier alpha value is -2.12. The molecule has 0 aliphatic carbocycles. The highest BCUT2D eigenvalue weighted by molar-refractivity contribution is 5.86. The predicted octanol–water partition coefficient (Wildman–Crippen LogP) is 2.56. The van der Waals surface area contributed by atoms with Crippen LogP contribution >= 0.6 is 0 Å². The number of carbonyl (C=O) groups is 2. The van der Waals surface area contributed by atoms with Crippen molar-refractivity contribution in [2.75, 3.05) is 34.4 Å². The molecule has 1 aromatic carbocycles. The number of hydrogen-bond donors (Lipinski definition) is 0. The van der Waals surface area contributed by atoms with Gasteiger partial charge in [0, 0.05) is 12.6 Å². The molecular formula is C21H30N2O5. The van der Waals surface area contributed by atoms with Gasteiger partial charge in [0.25, 0.3) is 5.91 Å². The maximum absolute atomic E-state index is 13.4. The highest BCUT2D eigenvalue weighted by Gasteiger charge is 2.57. The number of benzene rings is 1. The molecule has 0 saturated carbocycles. The van der Waals surface area contributed by atoms with Gasteiger partial charge in [-0.2, -0.15) is 0 Å². The Bertz CT molecular complexity index is 701. The third-order valence-electron chi connectivity index (χ3n) is 6.20. The maximum Gasteiger partial charge on any atom is 0.326 e. The molecule has 7 heteroatoms. The molecule has 0 radical (unpaired) electrons. The van der Waals surface area contributed by atoms with Crippen LogP contribution < -0.4 is 4.74 Å². The highest BCUT2D eigenvalue weighted by Crippen LogP contribution is 2.48. The number of ether oxygens (including phenoxy) is 2.